The van der Waals surface area contributed by atoms with Crippen LogP contribution in [0.2, 0.25) is 0 Å². The van der Waals surface area contributed by atoms with Crippen LogP contribution in [-0.4, -0.2) is 30.5 Å². The molecule has 0 spiro atoms. The molecule has 1 aliphatic heterocycles. The smallest absolute Gasteiger partial charge is 0.194 e. The van der Waals surface area contributed by atoms with Gasteiger partial charge in [-0.3, -0.25) is 0 Å². The van der Waals surface area contributed by atoms with Gasteiger partial charge in [-0.15, -0.1) is 24.0 Å². The first kappa shape index (κ1) is 14.8. The monoisotopic (exact) mass is 365 g/mol. The maximum Gasteiger partial charge on any atom is 0.194 e. The standard InChI is InChI=1S/C12H19N3S.HI/c1-2-13-12(15-6-3-4-7-15)14-9-11-5-8-16-10-11;/h5,8,10H,2-4,6-7,9H2,1H3,(H,13,14);1H. The van der Waals surface area contributed by atoms with E-state index in [2.05, 4.69) is 39.0 Å². The first-order valence-corrected chi connectivity index (χ1v) is 6.89. The number of nitrogens with one attached hydrogen (secondary N) is 1. The summed E-state index contributed by atoms with van der Waals surface area (Å²) in [5.74, 6) is 1.08. The van der Waals surface area contributed by atoms with E-state index in [9.17, 15) is 0 Å². The van der Waals surface area contributed by atoms with Gasteiger partial charge in [0.1, 0.15) is 0 Å². The number of aliphatic imine (C=N–C) groups is 1. The predicted octanol–water partition coefficient (Wildman–Crippen LogP) is 2.93. The first-order chi connectivity index (χ1) is 7.90. The lowest BCUT2D eigenvalue weighted by Crippen LogP contribution is -2.39. The van der Waals surface area contributed by atoms with Crippen LogP contribution in [0.1, 0.15) is 25.3 Å². The second-order valence-electron chi connectivity index (χ2n) is 4.00. The molecular formula is C12H20IN3S. The summed E-state index contributed by atoms with van der Waals surface area (Å²) in [6, 6.07) is 2.14. The van der Waals surface area contributed by atoms with E-state index in [1.807, 2.05) is 0 Å². The van der Waals surface area contributed by atoms with Crippen molar-refractivity contribution in [2.75, 3.05) is 19.6 Å². The number of likely N-dealkylation sites (tertiary alicyclic amines) is 1. The van der Waals surface area contributed by atoms with Gasteiger partial charge in [-0.25, -0.2) is 4.99 Å². The van der Waals surface area contributed by atoms with Gasteiger partial charge in [0.25, 0.3) is 0 Å². The van der Waals surface area contributed by atoms with Gasteiger partial charge in [-0.2, -0.15) is 11.3 Å². The van der Waals surface area contributed by atoms with Crippen LogP contribution in [0.4, 0.5) is 0 Å². The number of hydrogen-bond acceptors (Lipinski definition) is 2. The Bertz CT molecular complexity index is 332. The summed E-state index contributed by atoms with van der Waals surface area (Å²) in [5, 5.41) is 7.63. The Kier molecular flexibility index (Phi) is 6.87. The SMILES string of the molecule is CCNC(=NCc1ccsc1)N1CCCC1.I. The number of hydrogen-bond donors (Lipinski definition) is 1. The van der Waals surface area contributed by atoms with Crippen molar-refractivity contribution >= 4 is 41.3 Å². The number of guanidine groups is 1. The maximum atomic E-state index is 4.68. The summed E-state index contributed by atoms with van der Waals surface area (Å²) < 4.78 is 0. The molecule has 96 valence electrons. The van der Waals surface area contributed by atoms with Crippen molar-refractivity contribution in [3.05, 3.63) is 22.4 Å². The maximum absolute atomic E-state index is 4.68. The molecule has 0 aliphatic carbocycles. The summed E-state index contributed by atoms with van der Waals surface area (Å²) in [5.41, 5.74) is 1.31. The van der Waals surface area contributed by atoms with Crippen LogP contribution in [0, 0.1) is 0 Å². The quantitative estimate of drug-likeness (QED) is 0.507. The van der Waals surface area contributed by atoms with Gasteiger partial charge in [0.05, 0.1) is 6.54 Å². The molecule has 0 radical (unpaired) electrons. The second kappa shape index (κ2) is 7.92. The molecule has 0 unspecified atom stereocenters. The van der Waals surface area contributed by atoms with Crippen molar-refractivity contribution in [3.8, 4) is 0 Å². The van der Waals surface area contributed by atoms with E-state index in [-0.39, 0.29) is 24.0 Å². The third-order valence-electron chi connectivity index (χ3n) is 2.73. The van der Waals surface area contributed by atoms with Gasteiger partial charge in [0.15, 0.2) is 5.96 Å². The minimum Gasteiger partial charge on any atom is -0.357 e. The Balaban J connectivity index is 0.00000144. The van der Waals surface area contributed by atoms with Gasteiger partial charge < -0.3 is 10.2 Å². The average molecular weight is 365 g/mol. The normalized spacial score (nSPS) is 15.8. The minimum atomic E-state index is 0. The highest BCUT2D eigenvalue weighted by Crippen LogP contribution is 2.10. The third-order valence-corrected chi connectivity index (χ3v) is 3.46. The van der Waals surface area contributed by atoms with Crippen molar-refractivity contribution in [3.63, 3.8) is 0 Å². The van der Waals surface area contributed by atoms with E-state index in [1.165, 1.54) is 18.4 Å². The van der Waals surface area contributed by atoms with Crippen LogP contribution >= 0.6 is 35.3 Å². The molecule has 3 nitrogen and oxygen atoms in total. The number of halogens is 1. The van der Waals surface area contributed by atoms with E-state index >= 15 is 0 Å². The summed E-state index contributed by atoms with van der Waals surface area (Å²) in [6.45, 7) is 6.16. The Morgan fingerprint density at radius 1 is 1.47 bits per heavy atom. The van der Waals surface area contributed by atoms with Crippen molar-refractivity contribution < 1.29 is 0 Å². The average Bonchev–Trinajstić information content (AvgIpc) is 2.96. The molecule has 0 aromatic carbocycles. The predicted molar refractivity (Wildman–Crippen MR) is 85.4 cm³/mol. The van der Waals surface area contributed by atoms with Crippen molar-refractivity contribution in [1.82, 2.24) is 10.2 Å². The van der Waals surface area contributed by atoms with E-state index in [0.29, 0.717) is 0 Å². The molecule has 1 fully saturated rings. The fraction of sp³-hybridized carbons (Fsp3) is 0.583. The molecule has 2 rings (SSSR count). The lowest BCUT2D eigenvalue weighted by molar-refractivity contribution is 0.494. The Hall–Kier alpha value is -0.300. The molecule has 1 aromatic rings. The Morgan fingerprint density at radius 2 is 2.24 bits per heavy atom. The topological polar surface area (TPSA) is 27.6 Å². The van der Waals surface area contributed by atoms with E-state index < -0.39 is 0 Å². The summed E-state index contributed by atoms with van der Waals surface area (Å²) >= 11 is 1.73. The molecular weight excluding hydrogens is 345 g/mol. The highest BCUT2D eigenvalue weighted by Gasteiger charge is 2.15. The van der Waals surface area contributed by atoms with Crippen LogP contribution in [0.3, 0.4) is 0 Å². The van der Waals surface area contributed by atoms with E-state index in [0.717, 1.165) is 32.1 Å². The lowest BCUT2D eigenvalue weighted by Gasteiger charge is -2.20. The zero-order chi connectivity index (χ0) is 11.2. The van der Waals surface area contributed by atoms with Crippen LogP contribution < -0.4 is 5.32 Å². The van der Waals surface area contributed by atoms with Gasteiger partial charge in [-0.05, 0) is 42.2 Å². The van der Waals surface area contributed by atoms with Crippen LogP contribution in [0.25, 0.3) is 0 Å². The molecule has 0 amide bonds. The zero-order valence-corrected chi connectivity index (χ0v) is 13.3. The molecule has 1 aromatic heterocycles. The molecule has 5 heteroatoms. The lowest BCUT2D eigenvalue weighted by atomic mass is 10.3. The van der Waals surface area contributed by atoms with E-state index in [1.54, 1.807) is 11.3 Å². The Morgan fingerprint density at radius 3 is 2.82 bits per heavy atom. The van der Waals surface area contributed by atoms with Crippen molar-refractivity contribution in [1.29, 1.82) is 0 Å². The van der Waals surface area contributed by atoms with E-state index in [4.69, 9.17) is 0 Å². The summed E-state index contributed by atoms with van der Waals surface area (Å²) in [7, 11) is 0. The summed E-state index contributed by atoms with van der Waals surface area (Å²) in [6.07, 6.45) is 2.59. The van der Waals surface area contributed by atoms with Crippen molar-refractivity contribution in [2.45, 2.75) is 26.3 Å². The zero-order valence-electron chi connectivity index (χ0n) is 10.2. The third kappa shape index (κ3) is 4.46. The van der Waals surface area contributed by atoms with Gasteiger partial charge in [-0.1, -0.05) is 0 Å². The molecule has 0 atom stereocenters. The molecule has 1 saturated heterocycles. The number of rotatable bonds is 3. The molecule has 1 N–H and O–H groups in total. The molecule has 17 heavy (non-hydrogen) atoms. The Labute approximate surface area is 124 Å². The molecule has 1 aliphatic rings. The van der Waals surface area contributed by atoms with Crippen LogP contribution in [0.15, 0.2) is 21.8 Å². The van der Waals surface area contributed by atoms with Crippen LogP contribution in [0.5, 0.6) is 0 Å². The van der Waals surface area contributed by atoms with Gasteiger partial charge in [0.2, 0.25) is 0 Å². The van der Waals surface area contributed by atoms with Gasteiger partial charge >= 0.3 is 0 Å². The number of nitrogens with zero attached hydrogens (tertiary/aromatic N) is 2. The fourth-order valence-corrected chi connectivity index (χ4v) is 2.56. The second-order valence-corrected chi connectivity index (χ2v) is 4.78. The van der Waals surface area contributed by atoms with Gasteiger partial charge in [0, 0.05) is 19.6 Å². The summed E-state index contributed by atoms with van der Waals surface area (Å²) in [4.78, 5) is 7.03. The number of thiophene rings is 1. The molecule has 2 heterocycles. The first-order valence-electron chi connectivity index (χ1n) is 5.94. The molecule has 0 bridgehead atoms. The largest absolute Gasteiger partial charge is 0.357 e. The fourth-order valence-electron chi connectivity index (χ4n) is 1.90. The van der Waals surface area contributed by atoms with Crippen LogP contribution in [-0.2, 0) is 6.54 Å². The molecule has 0 saturated carbocycles. The highest BCUT2D eigenvalue weighted by molar-refractivity contribution is 14.0. The minimum absolute atomic E-state index is 0. The van der Waals surface area contributed by atoms with Crippen molar-refractivity contribution in [2.24, 2.45) is 4.99 Å². The highest BCUT2D eigenvalue weighted by atomic mass is 127.